The molecule has 1 heterocycles. The van der Waals surface area contributed by atoms with Gasteiger partial charge >= 0.3 is 0 Å². The number of azide groups is 1. The molecule has 0 saturated heterocycles. The highest BCUT2D eigenvalue weighted by molar-refractivity contribution is 9.10. The Hall–Kier alpha value is -3.89. The van der Waals surface area contributed by atoms with Gasteiger partial charge in [-0.15, -0.1) is 0 Å². The van der Waals surface area contributed by atoms with Gasteiger partial charge in [0.25, 0.3) is 5.91 Å². The lowest BCUT2D eigenvalue weighted by atomic mass is 9.81. The van der Waals surface area contributed by atoms with Crippen LogP contribution in [-0.2, 0) is 16.0 Å². The first kappa shape index (κ1) is 28.1. The van der Waals surface area contributed by atoms with Crippen LogP contribution in [0.5, 0.6) is 5.75 Å². The minimum absolute atomic E-state index is 0.0556. The van der Waals surface area contributed by atoms with E-state index in [9.17, 15) is 4.79 Å². The van der Waals surface area contributed by atoms with E-state index in [1.54, 1.807) is 43.4 Å². The molecular formula is C28H29BrN6O4. The van der Waals surface area contributed by atoms with Gasteiger partial charge in [0.1, 0.15) is 5.75 Å². The van der Waals surface area contributed by atoms with E-state index in [0.29, 0.717) is 41.5 Å². The number of nitrogens with zero attached hydrogens (tertiary/aromatic N) is 5. The highest BCUT2D eigenvalue weighted by Gasteiger charge is 2.53. The summed E-state index contributed by atoms with van der Waals surface area (Å²) in [6, 6.07) is 21.9. The molecule has 0 radical (unpaired) electrons. The molecule has 39 heavy (non-hydrogen) atoms. The van der Waals surface area contributed by atoms with Crippen molar-refractivity contribution in [3.63, 3.8) is 0 Å². The standard InChI is InChI=1S/C28H29BrN6O4/c1-35(2)33-27(37)28(18-21-6-3-4-7-24(21)32-34-30)25(19-8-12-22(29)13-9-19)39-26(31-28)20-10-14-23(15-11-20)38-17-5-16-36/h3-4,6-15,25,36H,5,16-18H2,1-2H3,(H,33,37)/t25-,28-/m0/s1. The third-order valence-electron chi connectivity index (χ3n) is 6.13. The fourth-order valence-electron chi connectivity index (χ4n) is 4.32. The predicted molar refractivity (Wildman–Crippen MR) is 152 cm³/mol. The summed E-state index contributed by atoms with van der Waals surface area (Å²) in [7, 11) is 3.45. The Labute approximate surface area is 235 Å². The first-order chi connectivity index (χ1) is 18.9. The second-order valence-corrected chi connectivity index (χ2v) is 10.1. The van der Waals surface area contributed by atoms with E-state index in [1.807, 2.05) is 48.5 Å². The maximum absolute atomic E-state index is 14.0. The number of carbonyl (C=O) groups is 1. The highest BCUT2D eigenvalue weighted by atomic mass is 79.9. The lowest BCUT2D eigenvalue weighted by molar-refractivity contribution is -0.132. The van der Waals surface area contributed by atoms with Crippen LogP contribution < -0.4 is 10.2 Å². The fraction of sp³-hybridized carbons (Fsp3) is 0.286. The number of halogens is 1. The molecule has 0 spiro atoms. The molecule has 0 saturated carbocycles. The number of aliphatic hydroxyl groups excluding tert-OH is 1. The molecule has 2 N–H and O–H groups in total. The minimum atomic E-state index is -1.43. The second kappa shape index (κ2) is 12.8. The zero-order chi connectivity index (χ0) is 27.8. The van der Waals surface area contributed by atoms with Gasteiger partial charge in [-0.2, -0.15) is 0 Å². The number of hydrazine groups is 1. The molecule has 4 rings (SSSR count). The molecule has 10 nitrogen and oxygen atoms in total. The average Bonchev–Trinajstić information content (AvgIpc) is 3.31. The normalized spacial score (nSPS) is 18.2. The van der Waals surface area contributed by atoms with Gasteiger partial charge in [-0.25, -0.2) is 10.0 Å². The first-order valence-corrected chi connectivity index (χ1v) is 13.1. The van der Waals surface area contributed by atoms with Crippen LogP contribution in [-0.4, -0.2) is 54.8 Å². The lowest BCUT2D eigenvalue weighted by Gasteiger charge is -2.32. The average molecular weight is 593 g/mol. The maximum Gasteiger partial charge on any atom is 0.266 e. The number of nitrogens with one attached hydrogen (secondary N) is 1. The van der Waals surface area contributed by atoms with Crippen molar-refractivity contribution in [2.24, 2.45) is 10.1 Å². The summed E-state index contributed by atoms with van der Waals surface area (Å²) in [4.78, 5) is 21.9. The zero-order valence-electron chi connectivity index (χ0n) is 21.6. The Morgan fingerprint density at radius 1 is 1.18 bits per heavy atom. The number of benzene rings is 3. The van der Waals surface area contributed by atoms with E-state index in [4.69, 9.17) is 25.1 Å². The summed E-state index contributed by atoms with van der Waals surface area (Å²) in [6.07, 6.45) is -0.123. The van der Waals surface area contributed by atoms with Crippen molar-refractivity contribution in [3.8, 4) is 5.75 Å². The number of hydrogen-bond acceptors (Lipinski definition) is 7. The van der Waals surface area contributed by atoms with Crippen LogP contribution in [0.25, 0.3) is 10.4 Å². The van der Waals surface area contributed by atoms with Gasteiger partial charge in [-0.3, -0.25) is 10.2 Å². The van der Waals surface area contributed by atoms with Crippen molar-refractivity contribution >= 4 is 33.4 Å². The summed E-state index contributed by atoms with van der Waals surface area (Å²) < 4.78 is 13.0. The molecule has 0 bridgehead atoms. The molecule has 0 aliphatic carbocycles. The van der Waals surface area contributed by atoms with Gasteiger partial charge < -0.3 is 14.6 Å². The van der Waals surface area contributed by atoms with Crippen LogP contribution in [0, 0.1) is 0 Å². The van der Waals surface area contributed by atoms with Gasteiger partial charge in [0, 0.05) is 54.2 Å². The molecule has 3 aromatic carbocycles. The Kier molecular flexibility index (Phi) is 9.21. The molecule has 0 aromatic heterocycles. The van der Waals surface area contributed by atoms with Crippen LogP contribution in [0.1, 0.15) is 29.2 Å². The second-order valence-electron chi connectivity index (χ2n) is 9.17. The van der Waals surface area contributed by atoms with Gasteiger partial charge in [-0.1, -0.05) is 57.4 Å². The molecule has 0 fully saturated rings. The molecule has 0 unspecified atom stereocenters. The van der Waals surface area contributed by atoms with Crippen molar-refractivity contribution in [1.29, 1.82) is 0 Å². The van der Waals surface area contributed by atoms with E-state index in [1.165, 1.54) is 0 Å². The quantitative estimate of drug-likeness (QED) is 0.103. The Morgan fingerprint density at radius 2 is 1.90 bits per heavy atom. The van der Waals surface area contributed by atoms with Crippen LogP contribution in [0.4, 0.5) is 5.69 Å². The molecule has 2 atom stereocenters. The Morgan fingerprint density at radius 3 is 2.56 bits per heavy atom. The molecule has 1 amide bonds. The molecular weight excluding hydrogens is 564 g/mol. The molecule has 1 aliphatic rings. The van der Waals surface area contributed by atoms with Crippen LogP contribution in [0.15, 0.2) is 87.4 Å². The van der Waals surface area contributed by atoms with Crippen molar-refractivity contribution in [2.45, 2.75) is 24.5 Å². The van der Waals surface area contributed by atoms with E-state index in [2.05, 4.69) is 31.4 Å². The number of carbonyl (C=O) groups excluding carboxylic acids is 1. The van der Waals surface area contributed by atoms with Crippen LogP contribution in [0.2, 0.25) is 0 Å². The molecule has 202 valence electrons. The van der Waals surface area contributed by atoms with Crippen molar-refractivity contribution in [3.05, 3.63) is 104 Å². The highest BCUT2D eigenvalue weighted by Crippen LogP contribution is 2.44. The SMILES string of the molecule is CN(C)NC(=O)[C@@]1(Cc2ccccc2N=[N+]=[N-])N=C(c2ccc(OCCCO)cc2)O[C@H]1c1ccc(Br)cc1. The van der Waals surface area contributed by atoms with Crippen molar-refractivity contribution in [1.82, 2.24) is 10.4 Å². The summed E-state index contributed by atoms with van der Waals surface area (Å²) in [5.41, 5.74) is 13.1. The summed E-state index contributed by atoms with van der Waals surface area (Å²) in [6.45, 7) is 0.456. The summed E-state index contributed by atoms with van der Waals surface area (Å²) in [5, 5.41) is 14.4. The van der Waals surface area contributed by atoms with Crippen molar-refractivity contribution < 1.29 is 19.4 Å². The largest absolute Gasteiger partial charge is 0.494 e. The lowest BCUT2D eigenvalue weighted by Crippen LogP contribution is -2.53. The van der Waals surface area contributed by atoms with E-state index in [-0.39, 0.29) is 18.9 Å². The Bertz CT molecular complexity index is 1370. The molecule has 1 aliphatic heterocycles. The monoisotopic (exact) mass is 592 g/mol. The Balaban J connectivity index is 1.82. The van der Waals surface area contributed by atoms with E-state index in [0.717, 1.165) is 10.0 Å². The summed E-state index contributed by atoms with van der Waals surface area (Å²) in [5.74, 6) is 0.588. The van der Waals surface area contributed by atoms with E-state index < -0.39 is 11.6 Å². The fourth-order valence-corrected chi connectivity index (χ4v) is 4.58. The molecule has 3 aromatic rings. The number of aliphatic hydroxyl groups is 1. The van der Waals surface area contributed by atoms with Crippen molar-refractivity contribution in [2.75, 3.05) is 27.3 Å². The topological polar surface area (TPSA) is 132 Å². The van der Waals surface area contributed by atoms with Crippen LogP contribution >= 0.6 is 15.9 Å². The number of aliphatic imine (C=N–C) groups is 1. The predicted octanol–water partition coefficient (Wildman–Crippen LogP) is 5.24. The minimum Gasteiger partial charge on any atom is -0.494 e. The summed E-state index contributed by atoms with van der Waals surface area (Å²) >= 11 is 3.47. The first-order valence-electron chi connectivity index (χ1n) is 12.3. The number of rotatable bonds is 11. The van der Waals surface area contributed by atoms with Gasteiger partial charge in [0.2, 0.25) is 5.90 Å². The molecule has 11 heteroatoms. The number of ether oxygens (including phenoxy) is 2. The van der Waals surface area contributed by atoms with Crippen LogP contribution in [0.3, 0.4) is 0 Å². The maximum atomic E-state index is 14.0. The smallest absolute Gasteiger partial charge is 0.266 e. The zero-order valence-corrected chi connectivity index (χ0v) is 23.2. The van der Waals surface area contributed by atoms with Gasteiger partial charge in [-0.05, 0) is 53.1 Å². The number of hydrogen-bond donors (Lipinski definition) is 2. The third kappa shape index (κ3) is 6.58. The van der Waals surface area contributed by atoms with Gasteiger partial charge in [0.15, 0.2) is 11.6 Å². The van der Waals surface area contributed by atoms with E-state index >= 15 is 0 Å². The third-order valence-corrected chi connectivity index (χ3v) is 6.66. The van der Waals surface area contributed by atoms with Gasteiger partial charge in [0.05, 0.1) is 6.61 Å². The number of amides is 1.